The lowest BCUT2D eigenvalue weighted by Gasteiger charge is -1.93. The van der Waals surface area contributed by atoms with Gasteiger partial charge in [0.05, 0.1) is 5.01 Å². The van der Waals surface area contributed by atoms with Gasteiger partial charge in [-0.15, -0.1) is 27.8 Å². The molecule has 0 aliphatic rings. The van der Waals surface area contributed by atoms with Crippen molar-refractivity contribution in [2.24, 2.45) is 0 Å². The summed E-state index contributed by atoms with van der Waals surface area (Å²) in [6.45, 7) is 1.89. The number of thiophene rings is 1. The van der Waals surface area contributed by atoms with Crippen LogP contribution in [0.5, 0.6) is 0 Å². The quantitative estimate of drug-likeness (QED) is 0.747. The first-order valence-corrected chi connectivity index (χ1v) is 7.75. The maximum atomic E-state index is 11.7. The van der Waals surface area contributed by atoms with Gasteiger partial charge in [0.15, 0.2) is 0 Å². The van der Waals surface area contributed by atoms with Crippen molar-refractivity contribution in [3.05, 3.63) is 38.9 Å². The molecule has 3 heterocycles. The normalized spacial score (nSPS) is 11.1. The summed E-state index contributed by atoms with van der Waals surface area (Å²) in [5.74, 6) is -0.0371. The summed E-state index contributed by atoms with van der Waals surface area (Å²) in [6, 6.07) is 3.89. The van der Waals surface area contributed by atoms with Crippen molar-refractivity contribution in [3.8, 4) is 11.6 Å². The molecule has 0 spiro atoms. The monoisotopic (exact) mass is 318 g/mol. The molecule has 0 aromatic carbocycles. The van der Waals surface area contributed by atoms with E-state index in [4.69, 9.17) is 4.42 Å². The highest BCUT2D eigenvalue weighted by molar-refractivity contribution is 7.10. The lowest BCUT2D eigenvalue weighted by Crippen LogP contribution is -2.07. The Hall–Kier alpha value is -2.32. The van der Waals surface area contributed by atoms with Crippen LogP contribution in [-0.2, 0) is 4.79 Å². The molecule has 0 radical (unpaired) electrons. The highest BCUT2D eigenvalue weighted by Gasteiger charge is 2.12. The number of nitrogens with one attached hydrogen (secondary N) is 1. The van der Waals surface area contributed by atoms with Crippen LogP contribution in [0, 0.1) is 6.92 Å². The topological polar surface area (TPSA) is 80.9 Å². The second-order valence-electron chi connectivity index (χ2n) is 4.00. The van der Waals surface area contributed by atoms with Crippen LogP contribution in [0.3, 0.4) is 0 Å². The number of hydrogen-bond donors (Lipinski definition) is 1. The molecule has 0 fully saturated rings. The minimum Gasteiger partial charge on any atom is -0.401 e. The predicted octanol–water partition coefficient (Wildman–Crippen LogP) is 3.21. The summed E-state index contributed by atoms with van der Waals surface area (Å²) in [5.41, 5.74) is 0.611. The average Bonchev–Trinajstić information content (AvgIpc) is 3.17. The van der Waals surface area contributed by atoms with Crippen LogP contribution in [0.2, 0.25) is 0 Å². The number of anilines is 1. The molecule has 3 aromatic rings. The van der Waals surface area contributed by atoms with E-state index < -0.39 is 0 Å². The molecule has 21 heavy (non-hydrogen) atoms. The number of thiazole rings is 1. The molecule has 0 saturated carbocycles. The fraction of sp³-hybridized carbons (Fsp3) is 0.0769. The number of aromatic nitrogens is 3. The molecular formula is C13H10N4O2S2. The highest BCUT2D eigenvalue weighted by atomic mass is 32.1. The third kappa shape index (κ3) is 3.41. The Morgan fingerprint density at radius 2 is 2.29 bits per heavy atom. The second kappa shape index (κ2) is 5.98. The molecule has 0 saturated heterocycles. The van der Waals surface area contributed by atoms with Gasteiger partial charge in [0.2, 0.25) is 0 Å². The van der Waals surface area contributed by atoms with Gasteiger partial charge in [-0.3, -0.25) is 10.1 Å². The van der Waals surface area contributed by atoms with E-state index in [9.17, 15) is 4.79 Å². The smallest absolute Gasteiger partial charge is 0.322 e. The first-order valence-electron chi connectivity index (χ1n) is 5.99. The van der Waals surface area contributed by atoms with Gasteiger partial charge in [-0.25, -0.2) is 4.98 Å². The standard InChI is InChI=1S/C13H10N4O2S2/c1-8-14-10(7-21-8)12-16-17-13(19-12)15-11(18)5-4-9-3-2-6-20-9/h2-7H,1H3,(H,15,17,18). The third-order valence-corrected chi connectivity index (χ3v) is 4.05. The van der Waals surface area contributed by atoms with E-state index in [2.05, 4.69) is 20.5 Å². The number of carbonyl (C=O) groups is 1. The van der Waals surface area contributed by atoms with E-state index in [-0.39, 0.29) is 17.8 Å². The van der Waals surface area contributed by atoms with E-state index >= 15 is 0 Å². The molecule has 0 unspecified atom stereocenters. The number of amides is 1. The lowest BCUT2D eigenvalue weighted by molar-refractivity contribution is -0.112. The Bertz CT molecular complexity index is 774. The zero-order valence-corrected chi connectivity index (χ0v) is 12.6. The van der Waals surface area contributed by atoms with Crippen molar-refractivity contribution < 1.29 is 9.21 Å². The zero-order valence-electron chi connectivity index (χ0n) is 10.9. The first-order chi connectivity index (χ1) is 10.2. The fourth-order valence-electron chi connectivity index (χ4n) is 1.53. The molecule has 0 atom stereocenters. The Kier molecular flexibility index (Phi) is 3.89. The van der Waals surface area contributed by atoms with E-state index in [0.717, 1.165) is 9.88 Å². The highest BCUT2D eigenvalue weighted by Crippen LogP contribution is 2.21. The summed E-state index contributed by atoms with van der Waals surface area (Å²) in [4.78, 5) is 17.0. The zero-order chi connectivity index (χ0) is 14.7. The fourth-order valence-corrected chi connectivity index (χ4v) is 2.73. The number of carbonyl (C=O) groups excluding carboxylic acids is 1. The molecule has 3 rings (SSSR count). The Balaban J connectivity index is 1.65. The molecule has 8 heteroatoms. The van der Waals surface area contributed by atoms with Crippen LogP contribution >= 0.6 is 22.7 Å². The maximum Gasteiger partial charge on any atom is 0.322 e. The molecule has 6 nitrogen and oxygen atoms in total. The second-order valence-corrected chi connectivity index (χ2v) is 6.04. The maximum absolute atomic E-state index is 11.7. The van der Waals surface area contributed by atoms with Gasteiger partial charge in [-0.05, 0) is 24.4 Å². The molecular weight excluding hydrogens is 308 g/mol. The Morgan fingerprint density at radius 1 is 1.38 bits per heavy atom. The summed E-state index contributed by atoms with van der Waals surface area (Å²) in [7, 11) is 0. The predicted molar refractivity (Wildman–Crippen MR) is 82.1 cm³/mol. The lowest BCUT2D eigenvalue weighted by atomic mass is 10.4. The number of rotatable bonds is 4. The van der Waals surface area contributed by atoms with E-state index in [1.165, 1.54) is 17.4 Å². The van der Waals surface area contributed by atoms with Crippen molar-refractivity contribution in [1.29, 1.82) is 0 Å². The van der Waals surface area contributed by atoms with Crippen molar-refractivity contribution in [2.45, 2.75) is 6.92 Å². The van der Waals surface area contributed by atoms with E-state index in [1.807, 2.05) is 29.8 Å². The summed E-state index contributed by atoms with van der Waals surface area (Å²) >= 11 is 3.04. The molecule has 1 N–H and O–H groups in total. The van der Waals surface area contributed by atoms with Crippen LogP contribution in [0.1, 0.15) is 9.88 Å². The summed E-state index contributed by atoms with van der Waals surface area (Å²) in [5, 5.41) is 14.8. The average molecular weight is 318 g/mol. The van der Waals surface area contributed by atoms with Crippen molar-refractivity contribution in [1.82, 2.24) is 15.2 Å². The van der Waals surface area contributed by atoms with Crippen LogP contribution in [-0.4, -0.2) is 21.1 Å². The van der Waals surface area contributed by atoms with Gasteiger partial charge in [-0.2, -0.15) is 0 Å². The molecule has 3 aromatic heterocycles. The van der Waals surface area contributed by atoms with Crippen LogP contribution in [0.4, 0.5) is 6.01 Å². The van der Waals surface area contributed by atoms with Crippen molar-refractivity contribution in [3.63, 3.8) is 0 Å². The largest absolute Gasteiger partial charge is 0.401 e. The van der Waals surface area contributed by atoms with Crippen molar-refractivity contribution >= 4 is 40.7 Å². The van der Waals surface area contributed by atoms with E-state index in [0.29, 0.717) is 5.69 Å². The number of hydrogen-bond acceptors (Lipinski definition) is 7. The van der Waals surface area contributed by atoms with Gasteiger partial charge in [0.25, 0.3) is 11.8 Å². The van der Waals surface area contributed by atoms with Crippen LogP contribution < -0.4 is 5.32 Å². The van der Waals surface area contributed by atoms with Crippen molar-refractivity contribution in [2.75, 3.05) is 5.32 Å². The van der Waals surface area contributed by atoms with Crippen LogP contribution in [0.25, 0.3) is 17.7 Å². The van der Waals surface area contributed by atoms with E-state index in [1.54, 1.807) is 17.4 Å². The van der Waals surface area contributed by atoms with Gasteiger partial charge in [-0.1, -0.05) is 11.2 Å². The summed E-state index contributed by atoms with van der Waals surface area (Å²) in [6.07, 6.45) is 3.14. The summed E-state index contributed by atoms with van der Waals surface area (Å²) < 4.78 is 5.35. The van der Waals surface area contributed by atoms with Crippen LogP contribution in [0.15, 0.2) is 33.4 Å². The minimum absolute atomic E-state index is 0.0523. The molecule has 0 bridgehead atoms. The molecule has 0 aliphatic carbocycles. The molecule has 0 aliphatic heterocycles. The molecule has 106 valence electrons. The van der Waals surface area contributed by atoms with Gasteiger partial charge in [0.1, 0.15) is 5.69 Å². The number of aryl methyl sites for hydroxylation is 1. The van der Waals surface area contributed by atoms with Gasteiger partial charge < -0.3 is 4.42 Å². The Labute approximate surface area is 128 Å². The minimum atomic E-state index is -0.326. The number of nitrogens with zero attached hydrogens (tertiary/aromatic N) is 3. The Morgan fingerprint density at radius 3 is 3.00 bits per heavy atom. The van der Waals surface area contributed by atoms with Gasteiger partial charge in [0, 0.05) is 16.3 Å². The molecule has 1 amide bonds. The first kappa shape index (κ1) is 13.7. The SMILES string of the molecule is Cc1nc(-c2nnc(NC(=O)C=Cc3cccs3)o2)cs1. The van der Waals surface area contributed by atoms with Gasteiger partial charge >= 0.3 is 6.01 Å². The third-order valence-electron chi connectivity index (χ3n) is 2.44.